The molecule has 4 nitrogen and oxygen atoms in total. The van der Waals surface area contributed by atoms with E-state index in [1.54, 1.807) is 12.1 Å². The third-order valence-electron chi connectivity index (χ3n) is 3.28. The summed E-state index contributed by atoms with van der Waals surface area (Å²) in [7, 11) is 0. The summed E-state index contributed by atoms with van der Waals surface area (Å²) in [5, 5.41) is 9.63. The molecule has 2 aromatic rings. The van der Waals surface area contributed by atoms with E-state index in [0.717, 1.165) is 11.1 Å². The highest BCUT2D eigenvalue weighted by Gasteiger charge is 2.28. The number of hydrogen-bond acceptors (Lipinski definition) is 3. The fourth-order valence-electron chi connectivity index (χ4n) is 2.23. The van der Waals surface area contributed by atoms with E-state index in [2.05, 4.69) is 0 Å². The van der Waals surface area contributed by atoms with Crippen LogP contribution >= 0.6 is 11.6 Å². The lowest BCUT2D eigenvalue weighted by molar-refractivity contribution is -0.144. The Bertz CT molecular complexity index is 684. The lowest BCUT2D eigenvalue weighted by atomic mass is 10.1. The number of hydrogen-bond donors (Lipinski definition) is 1. The number of aliphatic carboxylic acids is 1. The molecule has 0 fully saturated rings. The minimum atomic E-state index is -0.951. The summed E-state index contributed by atoms with van der Waals surface area (Å²) >= 11 is 5.92. The molecule has 5 heteroatoms. The van der Waals surface area contributed by atoms with Gasteiger partial charge >= 0.3 is 5.97 Å². The number of halogens is 1. The number of carboxylic acid groups (broad SMARTS) is 1. The standard InChI is InChI=1S/C16H13ClO4/c17-12-3-1-2-10(6-12)9-20-13-5-4-11-7-15(16(18)19)21-14(11)8-13/h1-6,8,15H,7,9H2,(H,18,19). The Morgan fingerprint density at radius 2 is 2.19 bits per heavy atom. The van der Waals surface area contributed by atoms with Crippen molar-refractivity contribution in [3.63, 3.8) is 0 Å². The zero-order valence-corrected chi connectivity index (χ0v) is 11.8. The molecule has 1 N–H and O–H groups in total. The number of ether oxygens (including phenoxy) is 2. The molecule has 108 valence electrons. The van der Waals surface area contributed by atoms with E-state index >= 15 is 0 Å². The minimum Gasteiger partial charge on any atom is -0.489 e. The van der Waals surface area contributed by atoms with E-state index in [1.165, 1.54) is 0 Å². The van der Waals surface area contributed by atoms with Crippen LogP contribution in [0.4, 0.5) is 0 Å². The average Bonchev–Trinajstić information content (AvgIpc) is 2.88. The summed E-state index contributed by atoms with van der Waals surface area (Å²) in [6, 6.07) is 12.8. The van der Waals surface area contributed by atoms with Crippen LogP contribution in [0.2, 0.25) is 5.02 Å². The Morgan fingerprint density at radius 1 is 1.33 bits per heavy atom. The molecule has 1 unspecified atom stereocenters. The van der Waals surface area contributed by atoms with Gasteiger partial charge in [-0.05, 0) is 29.3 Å². The van der Waals surface area contributed by atoms with E-state index in [-0.39, 0.29) is 0 Å². The molecular weight excluding hydrogens is 292 g/mol. The largest absolute Gasteiger partial charge is 0.489 e. The predicted octanol–water partition coefficient (Wildman–Crippen LogP) is 3.31. The maximum atomic E-state index is 10.9. The minimum absolute atomic E-state index is 0.388. The van der Waals surface area contributed by atoms with E-state index in [0.29, 0.717) is 29.5 Å². The quantitative estimate of drug-likeness (QED) is 0.941. The summed E-state index contributed by atoms with van der Waals surface area (Å²) in [5.41, 5.74) is 1.85. The maximum Gasteiger partial charge on any atom is 0.345 e. The van der Waals surface area contributed by atoms with Crippen LogP contribution in [0.25, 0.3) is 0 Å². The molecule has 1 aliphatic heterocycles. The van der Waals surface area contributed by atoms with E-state index in [9.17, 15) is 4.79 Å². The molecule has 0 radical (unpaired) electrons. The summed E-state index contributed by atoms with van der Waals surface area (Å²) in [6.07, 6.45) is -0.414. The van der Waals surface area contributed by atoms with Gasteiger partial charge in [0.25, 0.3) is 0 Å². The molecule has 0 amide bonds. The van der Waals surface area contributed by atoms with Gasteiger partial charge in [0.1, 0.15) is 18.1 Å². The van der Waals surface area contributed by atoms with Gasteiger partial charge in [0, 0.05) is 17.5 Å². The lowest BCUT2D eigenvalue weighted by Gasteiger charge is -2.08. The van der Waals surface area contributed by atoms with Gasteiger partial charge in [-0.25, -0.2) is 4.79 Å². The first kappa shape index (κ1) is 13.8. The van der Waals surface area contributed by atoms with Crippen molar-refractivity contribution in [1.82, 2.24) is 0 Å². The summed E-state index contributed by atoms with van der Waals surface area (Å²) in [6.45, 7) is 0.391. The molecule has 0 aromatic heterocycles. The molecule has 0 saturated heterocycles. The van der Waals surface area contributed by atoms with E-state index in [4.69, 9.17) is 26.2 Å². The molecule has 0 bridgehead atoms. The third-order valence-corrected chi connectivity index (χ3v) is 3.52. The number of rotatable bonds is 4. The van der Waals surface area contributed by atoms with Crippen molar-refractivity contribution in [2.75, 3.05) is 0 Å². The second-order valence-corrected chi connectivity index (χ2v) is 5.27. The van der Waals surface area contributed by atoms with E-state index in [1.807, 2.05) is 30.3 Å². The van der Waals surface area contributed by atoms with Crippen LogP contribution < -0.4 is 9.47 Å². The van der Waals surface area contributed by atoms with Gasteiger partial charge in [-0.15, -0.1) is 0 Å². The average molecular weight is 305 g/mol. The molecule has 0 saturated carbocycles. The predicted molar refractivity (Wildman–Crippen MR) is 78.0 cm³/mol. The van der Waals surface area contributed by atoms with Crippen LogP contribution in [0, 0.1) is 0 Å². The highest BCUT2D eigenvalue weighted by Crippen LogP contribution is 2.32. The Hall–Kier alpha value is -2.20. The topological polar surface area (TPSA) is 55.8 Å². The zero-order valence-electron chi connectivity index (χ0n) is 11.1. The molecule has 0 spiro atoms. The summed E-state index contributed by atoms with van der Waals surface area (Å²) < 4.78 is 11.1. The molecular formula is C16H13ClO4. The first-order valence-electron chi connectivity index (χ1n) is 6.51. The van der Waals surface area contributed by atoms with Crippen molar-refractivity contribution in [2.45, 2.75) is 19.1 Å². The Morgan fingerprint density at radius 3 is 2.95 bits per heavy atom. The highest BCUT2D eigenvalue weighted by molar-refractivity contribution is 6.30. The molecule has 21 heavy (non-hydrogen) atoms. The molecule has 1 atom stereocenters. The van der Waals surface area contributed by atoms with Crippen LogP contribution in [0.15, 0.2) is 42.5 Å². The van der Waals surface area contributed by atoms with Gasteiger partial charge in [-0.1, -0.05) is 29.8 Å². The number of carbonyl (C=O) groups is 1. The number of benzene rings is 2. The van der Waals surface area contributed by atoms with Gasteiger partial charge in [0.15, 0.2) is 6.10 Å². The Labute approximate surface area is 126 Å². The number of fused-ring (bicyclic) bond motifs is 1. The maximum absolute atomic E-state index is 10.9. The number of carboxylic acids is 1. The van der Waals surface area contributed by atoms with Gasteiger partial charge in [0.2, 0.25) is 0 Å². The van der Waals surface area contributed by atoms with Crippen molar-refractivity contribution >= 4 is 17.6 Å². The molecule has 2 aromatic carbocycles. The lowest BCUT2D eigenvalue weighted by Crippen LogP contribution is -2.24. The van der Waals surface area contributed by atoms with Gasteiger partial charge in [-0.3, -0.25) is 0 Å². The van der Waals surface area contributed by atoms with Crippen LogP contribution in [0.1, 0.15) is 11.1 Å². The van der Waals surface area contributed by atoms with Crippen LogP contribution in [0.5, 0.6) is 11.5 Å². The second kappa shape index (κ2) is 5.66. The van der Waals surface area contributed by atoms with Crippen molar-refractivity contribution in [3.8, 4) is 11.5 Å². The van der Waals surface area contributed by atoms with Crippen LogP contribution in [0.3, 0.4) is 0 Å². The summed E-state index contributed by atoms with van der Waals surface area (Å²) in [4.78, 5) is 10.9. The van der Waals surface area contributed by atoms with Crippen molar-refractivity contribution in [2.24, 2.45) is 0 Å². The zero-order chi connectivity index (χ0) is 14.8. The molecule has 0 aliphatic carbocycles. The first-order valence-corrected chi connectivity index (χ1v) is 6.89. The van der Waals surface area contributed by atoms with Gasteiger partial charge < -0.3 is 14.6 Å². The second-order valence-electron chi connectivity index (χ2n) is 4.84. The highest BCUT2D eigenvalue weighted by atomic mass is 35.5. The Balaban J connectivity index is 1.69. The monoisotopic (exact) mass is 304 g/mol. The van der Waals surface area contributed by atoms with Crippen molar-refractivity contribution in [3.05, 3.63) is 58.6 Å². The Kier molecular flexibility index (Phi) is 3.71. The van der Waals surface area contributed by atoms with Gasteiger partial charge in [-0.2, -0.15) is 0 Å². The van der Waals surface area contributed by atoms with E-state index < -0.39 is 12.1 Å². The third kappa shape index (κ3) is 3.11. The van der Waals surface area contributed by atoms with Crippen molar-refractivity contribution in [1.29, 1.82) is 0 Å². The van der Waals surface area contributed by atoms with Gasteiger partial charge in [0.05, 0.1) is 0 Å². The van der Waals surface area contributed by atoms with Crippen molar-refractivity contribution < 1.29 is 19.4 Å². The normalized spacial score (nSPS) is 16.1. The SMILES string of the molecule is O=C(O)C1Cc2ccc(OCc3cccc(Cl)c3)cc2O1. The molecule has 1 aliphatic rings. The smallest absolute Gasteiger partial charge is 0.345 e. The van der Waals surface area contributed by atoms with Crippen LogP contribution in [-0.2, 0) is 17.8 Å². The van der Waals surface area contributed by atoms with Crippen LogP contribution in [-0.4, -0.2) is 17.2 Å². The molecule has 1 heterocycles. The first-order chi connectivity index (χ1) is 10.1. The molecule has 3 rings (SSSR count). The fourth-order valence-corrected chi connectivity index (χ4v) is 2.44. The summed E-state index contributed by atoms with van der Waals surface area (Å²) in [5.74, 6) is 0.262. The fraction of sp³-hybridized carbons (Fsp3) is 0.188.